The molecule has 2 aliphatic rings. The highest BCUT2D eigenvalue weighted by molar-refractivity contribution is 5.79. The number of rotatable bonds is 6. The Labute approximate surface area is 133 Å². The van der Waals surface area contributed by atoms with Crippen LogP contribution in [0.25, 0.3) is 0 Å². The maximum absolute atomic E-state index is 12.6. The highest BCUT2D eigenvalue weighted by Crippen LogP contribution is 2.34. The monoisotopic (exact) mass is 299 g/mol. The van der Waals surface area contributed by atoms with Gasteiger partial charge in [-0.25, -0.2) is 0 Å². The van der Waals surface area contributed by atoms with E-state index in [4.69, 9.17) is 4.74 Å². The fraction of sp³-hybridized carbons (Fsp3) is 0.526. The van der Waals surface area contributed by atoms with E-state index < -0.39 is 0 Å². The van der Waals surface area contributed by atoms with E-state index >= 15 is 0 Å². The highest BCUT2D eigenvalue weighted by Gasteiger charge is 2.31. The van der Waals surface area contributed by atoms with E-state index in [0.717, 1.165) is 38.0 Å². The molecule has 1 aromatic rings. The van der Waals surface area contributed by atoms with Gasteiger partial charge < -0.3 is 4.74 Å². The number of likely N-dealkylation sites (tertiary alicyclic amines) is 1. The first kappa shape index (κ1) is 15.3. The van der Waals surface area contributed by atoms with Gasteiger partial charge in [0.2, 0.25) is 0 Å². The molecule has 2 unspecified atom stereocenters. The largest absolute Gasteiger partial charge is 0.464 e. The summed E-state index contributed by atoms with van der Waals surface area (Å²) in [6.07, 6.45) is 9.01. The Morgan fingerprint density at radius 1 is 1.23 bits per heavy atom. The topological polar surface area (TPSA) is 29.5 Å². The number of benzene rings is 1. The van der Waals surface area contributed by atoms with E-state index in [9.17, 15) is 4.79 Å². The predicted octanol–water partition coefficient (Wildman–Crippen LogP) is 3.38. The summed E-state index contributed by atoms with van der Waals surface area (Å²) in [5.74, 6) is 0.0576. The van der Waals surface area contributed by atoms with Gasteiger partial charge in [-0.1, -0.05) is 42.5 Å². The van der Waals surface area contributed by atoms with Crippen LogP contribution in [0.5, 0.6) is 0 Å². The molecule has 3 heteroatoms. The molecule has 1 saturated heterocycles. The second-order valence-electron chi connectivity index (χ2n) is 6.27. The fourth-order valence-corrected chi connectivity index (χ4v) is 3.52. The van der Waals surface area contributed by atoms with Crippen molar-refractivity contribution in [2.24, 2.45) is 5.92 Å². The molecular formula is C19H25NO2. The minimum atomic E-state index is -0.154. The van der Waals surface area contributed by atoms with Crippen molar-refractivity contribution < 1.29 is 9.53 Å². The minimum absolute atomic E-state index is 0.0676. The summed E-state index contributed by atoms with van der Waals surface area (Å²) in [7, 11) is 0. The summed E-state index contributed by atoms with van der Waals surface area (Å²) in [4.78, 5) is 15.0. The van der Waals surface area contributed by atoms with Crippen LogP contribution < -0.4 is 0 Å². The van der Waals surface area contributed by atoms with Gasteiger partial charge in [0, 0.05) is 6.54 Å². The van der Waals surface area contributed by atoms with Crippen molar-refractivity contribution >= 4 is 5.97 Å². The van der Waals surface area contributed by atoms with Crippen LogP contribution >= 0.6 is 0 Å². The molecular weight excluding hydrogens is 274 g/mol. The van der Waals surface area contributed by atoms with E-state index in [1.165, 1.54) is 12.8 Å². The van der Waals surface area contributed by atoms with E-state index in [1.54, 1.807) is 0 Å². The first-order valence-electron chi connectivity index (χ1n) is 8.45. The second kappa shape index (κ2) is 7.59. The van der Waals surface area contributed by atoms with Crippen molar-refractivity contribution in [3.8, 4) is 0 Å². The molecule has 0 radical (unpaired) electrons. The summed E-state index contributed by atoms with van der Waals surface area (Å²) < 4.78 is 5.62. The number of hydrogen-bond acceptors (Lipinski definition) is 3. The second-order valence-corrected chi connectivity index (χ2v) is 6.27. The number of hydrogen-bond donors (Lipinski definition) is 0. The lowest BCUT2D eigenvalue weighted by atomic mass is 9.85. The third-order valence-corrected chi connectivity index (χ3v) is 4.74. The zero-order chi connectivity index (χ0) is 15.2. The molecule has 22 heavy (non-hydrogen) atoms. The Hall–Kier alpha value is -1.61. The van der Waals surface area contributed by atoms with Crippen molar-refractivity contribution in [2.45, 2.75) is 31.6 Å². The quantitative estimate of drug-likeness (QED) is 0.596. The lowest BCUT2D eigenvalue weighted by molar-refractivity contribution is -0.146. The molecule has 1 heterocycles. The van der Waals surface area contributed by atoms with Crippen LogP contribution in [0, 0.1) is 5.92 Å². The molecule has 0 N–H and O–H groups in total. The summed E-state index contributed by atoms with van der Waals surface area (Å²) in [6.45, 7) is 3.67. The number of allylic oxidation sites excluding steroid dienone is 2. The lowest BCUT2D eigenvalue weighted by Gasteiger charge is -2.22. The number of carbonyl (C=O) groups is 1. The van der Waals surface area contributed by atoms with Crippen LogP contribution in [0.15, 0.2) is 42.5 Å². The maximum Gasteiger partial charge on any atom is 0.314 e. The molecule has 0 spiro atoms. The number of carbonyl (C=O) groups excluding carboxylic acids is 1. The average Bonchev–Trinajstić information content (AvgIpc) is 3.22. The van der Waals surface area contributed by atoms with Gasteiger partial charge >= 0.3 is 5.97 Å². The Balaban J connectivity index is 1.60. The van der Waals surface area contributed by atoms with E-state index in [-0.39, 0.29) is 17.8 Å². The molecule has 1 fully saturated rings. The van der Waals surface area contributed by atoms with Crippen LogP contribution in [-0.2, 0) is 9.53 Å². The van der Waals surface area contributed by atoms with E-state index in [0.29, 0.717) is 6.61 Å². The van der Waals surface area contributed by atoms with Gasteiger partial charge in [-0.15, -0.1) is 0 Å². The van der Waals surface area contributed by atoms with Gasteiger partial charge in [0.1, 0.15) is 6.61 Å². The van der Waals surface area contributed by atoms with Crippen LogP contribution in [-0.4, -0.2) is 37.1 Å². The zero-order valence-electron chi connectivity index (χ0n) is 13.1. The Bertz CT molecular complexity index is 505. The van der Waals surface area contributed by atoms with E-state index in [1.807, 2.05) is 30.3 Å². The third kappa shape index (κ3) is 3.77. The molecule has 3 rings (SSSR count). The standard InChI is InChI=1S/C19H25NO2/c21-19(22-15-14-20-12-6-7-13-20)18(17-10-4-5-11-17)16-8-2-1-3-9-16/h1-4,8-10,17-18H,5-7,11-15H2. The number of ether oxygens (including phenoxy) is 1. The normalized spacial score (nSPS) is 22.8. The maximum atomic E-state index is 12.6. The van der Waals surface area contributed by atoms with Crippen molar-refractivity contribution in [1.29, 1.82) is 0 Å². The van der Waals surface area contributed by atoms with Gasteiger partial charge in [0.15, 0.2) is 0 Å². The van der Waals surface area contributed by atoms with Crippen LogP contribution in [0.2, 0.25) is 0 Å². The van der Waals surface area contributed by atoms with Gasteiger partial charge in [-0.3, -0.25) is 9.69 Å². The van der Waals surface area contributed by atoms with Crippen molar-refractivity contribution in [3.05, 3.63) is 48.0 Å². The zero-order valence-corrected chi connectivity index (χ0v) is 13.1. The summed E-state index contributed by atoms with van der Waals surface area (Å²) >= 11 is 0. The molecule has 118 valence electrons. The Morgan fingerprint density at radius 3 is 2.68 bits per heavy atom. The summed E-state index contributed by atoms with van der Waals surface area (Å²) in [5.41, 5.74) is 1.07. The molecule has 1 aliphatic heterocycles. The van der Waals surface area contributed by atoms with Crippen LogP contribution in [0.3, 0.4) is 0 Å². The first-order valence-corrected chi connectivity index (χ1v) is 8.45. The smallest absolute Gasteiger partial charge is 0.314 e. The SMILES string of the molecule is O=C(OCCN1CCCC1)C(c1ccccc1)C1C=CCC1. The Morgan fingerprint density at radius 2 is 2.00 bits per heavy atom. The molecule has 0 aromatic heterocycles. The molecule has 3 nitrogen and oxygen atoms in total. The molecule has 0 saturated carbocycles. The third-order valence-electron chi connectivity index (χ3n) is 4.74. The van der Waals surface area contributed by atoms with Gasteiger partial charge in [0.25, 0.3) is 0 Å². The fourth-order valence-electron chi connectivity index (χ4n) is 3.52. The average molecular weight is 299 g/mol. The van der Waals surface area contributed by atoms with Gasteiger partial charge in [-0.05, 0) is 50.3 Å². The molecule has 2 atom stereocenters. The van der Waals surface area contributed by atoms with Crippen LogP contribution in [0.4, 0.5) is 0 Å². The summed E-state index contributed by atoms with van der Waals surface area (Å²) in [6, 6.07) is 10.1. The van der Waals surface area contributed by atoms with Gasteiger partial charge in [0.05, 0.1) is 5.92 Å². The van der Waals surface area contributed by atoms with Crippen molar-refractivity contribution in [3.63, 3.8) is 0 Å². The number of esters is 1. The summed E-state index contributed by atoms with van der Waals surface area (Å²) in [5, 5.41) is 0. The molecule has 1 aliphatic carbocycles. The van der Waals surface area contributed by atoms with Crippen LogP contribution in [0.1, 0.15) is 37.2 Å². The first-order chi connectivity index (χ1) is 10.8. The Kier molecular flexibility index (Phi) is 5.28. The predicted molar refractivity (Wildman–Crippen MR) is 87.7 cm³/mol. The van der Waals surface area contributed by atoms with E-state index in [2.05, 4.69) is 17.1 Å². The van der Waals surface area contributed by atoms with Crippen molar-refractivity contribution in [2.75, 3.05) is 26.2 Å². The van der Waals surface area contributed by atoms with Gasteiger partial charge in [-0.2, -0.15) is 0 Å². The highest BCUT2D eigenvalue weighted by atomic mass is 16.5. The lowest BCUT2D eigenvalue weighted by Crippen LogP contribution is -2.28. The number of nitrogens with zero attached hydrogens (tertiary/aromatic N) is 1. The van der Waals surface area contributed by atoms with Crippen molar-refractivity contribution in [1.82, 2.24) is 4.90 Å². The minimum Gasteiger partial charge on any atom is -0.464 e. The molecule has 1 aromatic carbocycles. The molecule has 0 amide bonds. The molecule has 0 bridgehead atoms.